The van der Waals surface area contributed by atoms with Crippen LogP contribution in [0.25, 0.3) is 6.08 Å². The lowest BCUT2D eigenvalue weighted by Crippen LogP contribution is -2.07. The quantitative estimate of drug-likeness (QED) is 0.753. The molecule has 0 heterocycles. The zero-order chi connectivity index (χ0) is 17.0. The lowest BCUT2D eigenvalue weighted by atomic mass is 10.1. The van der Waals surface area contributed by atoms with E-state index in [4.69, 9.17) is 11.6 Å². The Morgan fingerprint density at radius 2 is 1.78 bits per heavy atom. The van der Waals surface area contributed by atoms with Crippen molar-refractivity contribution in [2.24, 2.45) is 0 Å². The van der Waals surface area contributed by atoms with Gasteiger partial charge in [-0.1, -0.05) is 29.8 Å². The van der Waals surface area contributed by atoms with Crippen LogP contribution in [0.5, 0.6) is 0 Å². The van der Waals surface area contributed by atoms with Crippen LogP contribution >= 0.6 is 11.6 Å². The summed E-state index contributed by atoms with van der Waals surface area (Å²) in [5.41, 5.74) is 1.20. The van der Waals surface area contributed by atoms with E-state index in [1.54, 1.807) is 18.2 Å². The molecule has 1 amide bonds. The van der Waals surface area contributed by atoms with Gasteiger partial charge in [0.25, 0.3) is 0 Å². The van der Waals surface area contributed by atoms with Crippen LogP contribution in [0.3, 0.4) is 0 Å². The van der Waals surface area contributed by atoms with E-state index in [9.17, 15) is 18.0 Å². The Balaban J connectivity index is 2.02. The number of amides is 1. The van der Waals surface area contributed by atoms with Gasteiger partial charge in [-0.25, -0.2) is 0 Å². The highest BCUT2D eigenvalue weighted by molar-refractivity contribution is 6.31. The van der Waals surface area contributed by atoms with Crippen molar-refractivity contribution in [3.8, 4) is 0 Å². The zero-order valence-corrected chi connectivity index (χ0v) is 12.9. The van der Waals surface area contributed by atoms with Gasteiger partial charge in [-0.3, -0.25) is 4.79 Å². The van der Waals surface area contributed by atoms with E-state index in [0.29, 0.717) is 16.3 Å². The molecular formula is C17H13ClF3NO. The minimum Gasteiger partial charge on any atom is -0.322 e. The largest absolute Gasteiger partial charge is 0.416 e. The highest BCUT2D eigenvalue weighted by Gasteiger charge is 2.29. The van der Waals surface area contributed by atoms with Crippen molar-refractivity contribution >= 4 is 29.3 Å². The minimum atomic E-state index is -4.37. The number of hydrogen-bond acceptors (Lipinski definition) is 1. The van der Waals surface area contributed by atoms with Crippen molar-refractivity contribution in [3.63, 3.8) is 0 Å². The second-order valence-corrected chi connectivity index (χ2v) is 5.31. The summed E-state index contributed by atoms with van der Waals surface area (Å²) in [5, 5.41) is 3.16. The molecule has 0 aliphatic rings. The molecule has 2 nitrogen and oxygen atoms in total. The molecular weight excluding hydrogens is 327 g/mol. The summed E-state index contributed by atoms with van der Waals surface area (Å²) in [7, 11) is 0. The highest BCUT2D eigenvalue weighted by atomic mass is 35.5. The normalized spacial score (nSPS) is 11.7. The van der Waals surface area contributed by atoms with Gasteiger partial charge in [0.1, 0.15) is 0 Å². The standard InChI is InChI=1S/C17H13ClF3NO/c1-11-2-8-14(10-15(11)18)22-16(23)9-5-12-3-6-13(7-4-12)17(19,20)21/h2-10H,1H3,(H,22,23)/b9-5+. The number of hydrogen-bond donors (Lipinski definition) is 1. The Morgan fingerprint density at radius 3 is 2.35 bits per heavy atom. The molecule has 23 heavy (non-hydrogen) atoms. The highest BCUT2D eigenvalue weighted by Crippen LogP contribution is 2.29. The fourth-order valence-corrected chi connectivity index (χ4v) is 1.99. The SMILES string of the molecule is Cc1ccc(NC(=O)/C=C/c2ccc(C(F)(F)F)cc2)cc1Cl. The number of benzene rings is 2. The topological polar surface area (TPSA) is 29.1 Å². The minimum absolute atomic E-state index is 0.398. The van der Waals surface area contributed by atoms with E-state index in [0.717, 1.165) is 17.7 Å². The van der Waals surface area contributed by atoms with E-state index in [2.05, 4.69) is 5.32 Å². The summed E-state index contributed by atoms with van der Waals surface area (Å²) >= 11 is 5.96. The van der Waals surface area contributed by atoms with E-state index < -0.39 is 17.6 Å². The lowest BCUT2D eigenvalue weighted by molar-refractivity contribution is -0.137. The third-order valence-corrected chi connectivity index (χ3v) is 3.51. The predicted molar refractivity (Wildman–Crippen MR) is 85.3 cm³/mol. The number of anilines is 1. The molecule has 2 rings (SSSR count). The van der Waals surface area contributed by atoms with E-state index >= 15 is 0 Å². The predicted octanol–water partition coefficient (Wildman–Crippen LogP) is 5.32. The summed E-state index contributed by atoms with van der Waals surface area (Å²) in [4.78, 5) is 11.8. The fraction of sp³-hybridized carbons (Fsp3) is 0.118. The van der Waals surface area contributed by atoms with Crippen molar-refractivity contribution in [1.29, 1.82) is 0 Å². The number of rotatable bonds is 3. The Hall–Kier alpha value is -2.27. The molecule has 0 aliphatic heterocycles. The molecule has 0 saturated heterocycles. The summed E-state index contributed by atoms with van der Waals surface area (Å²) in [5.74, 6) is -0.398. The van der Waals surface area contributed by atoms with Gasteiger partial charge < -0.3 is 5.32 Å². The van der Waals surface area contributed by atoms with Crippen LogP contribution in [-0.2, 0) is 11.0 Å². The summed E-state index contributed by atoms with van der Waals surface area (Å²) < 4.78 is 37.3. The van der Waals surface area contributed by atoms with E-state index in [-0.39, 0.29) is 0 Å². The molecule has 0 aromatic heterocycles. The molecule has 0 atom stereocenters. The number of carbonyl (C=O) groups is 1. The van der Waals surface area contributed by atoms with Gasteiger partial charge in [0, 0.05) is 16.8 Å². The lowest BCUT2D eigenvalue weighted by Gasteiger charge is -2.06. The first-order valence-corrected chi connectivity index (χ1v) is 7.06. The molecule has 1 N–H and O–H groups in total. The number of aryl methyl sites for hydroxylation is 1. The second kappa shape index (κ2) is 6.87. The van der Waals surface area contributed by atoms with Crippen molar-refractivity contribution in [3.05, 3.63) is 70.3 Å². The maximum atomic E-state index is 12.4. The van der Waals surface area contributed by atoms with Crippen LogP contribution in [0.4, 0.5) is 18.9 Å². The van der Waals surface area contributed by atoms with Crippen molar-refractivity contribution in [2.45, 2.75) is 13.1 Å². The Morgan fingerprint density at radius 1 is 1.13 bits per heavy atom. The maximum Gasteiger partial charge on any atom is 0.416 e. The second-order valence-electron chi connectivity index (χ2n) is 4.91. The monoisotopic (exact) mass is 339 g/mol. The number of carbonyl (C=O) groups excluding carboxylic acids is 1. The molecule has 6 heteroatoms. The number of halogens is 4. The summed E-state index contributed by atoms with van der Waals surface area (Å²) in [6.07, 6.45) is -1.69. The van der Waals surface area contributed by atoms with Gasteiger partial charge in [-0.05, 0) is 48.4 Å². The Bertz CT molecular complexity index is 736. The van der Waals surface area contributed by atoms with Crippen LogP contribution in [0.1, 0.15) is 16.7 Å². The summed E-state index contributed by atoms with van der Waals surface area (Å²) in [6.45, 7) is 1.85. The average molecular weight is 340 g/mol. The molecule has 0 aliphatic carbocycles. The molecule has 0 saturated carbocycles. The summed E-state index contributed by atoms with van der Waals surface area (Å²) in [6, 6.07) is 9.66. The number of alkyl halides is 3. The van der Waals surface area contributed by atoms with Crippen molar-refractivity contribution < 1.29 is 18.0 Å². The fourth-order valence-electron chi connectivity index (χ4n) is 1.81. The Labute approximate surface area is 136 Å². The molecule has 2 aromatic rings. The van der Waals surface area contributed by atoms with E-state index in [1.807, 2.05) is 6.92 Å². The molecule has 120 valence electrons. The van der Waals surface area contributed by atoms with Crippen LogP contribution in [0.15, 0.2) is 48.5 Å². The first kappa shape index (κ1) is 17.1. The van der Waals surface area contributed by atoms with Crippen LogP contribution in [-0.4, -0.2) is 5.91 Å². The molecule has 0 fully saturated rings. The maximum absolute atomic E-state index is 12.4. The average Bonchev–Trinajstić information content (AvgIpc) is 2.48. The van der Waals surface area contributed by atoms with Gasteiger partial charge >= 0.3 is 6.18 Å². The Kier molecular flexibility index (Phi) is 5.11. The molecule has 0 unspecified atom stereocenters. The van der Waals surface area contributed by atoms with Crippen LogP contribution < -0.4 is 5.32 Å². The molecule has 2 aromatic carbocycles. The smallest absolute Gasteiger partial charge is 0.322 e. The van der Waals surface area contributed by atoms with Gasteiger partial charge in [0.15, 0.2) is 0 Å². The zero-order valence-electron chi connectivity index (χ0n) is 12.1. The van der Waals surface area contributed by atoms with Crippen LogP contribution in [0, 0.1) is 6.92 Å². The van der Waals surface area contributed by atoms with Gasteiger partial charge in [-0.15, -0.1) is 0 Å². The first-order valence-electron chi connectivity index (χ1n) is 6.68. The third-order valence-electron chi connectivity index (χ3n) is 3.10. The third kappa shape index (κ3) is 4.86. The first-order chi connectivity index (χ1) is 10.8. The molecule has 0 bridgehead atoms. The van der Waals surface area contributed by atoms with Crippen molar-refractivity contribution in [1.82, 2.24) is 0 Å². The van der Waals surface area contributed by atoms with Gasteiger partial charge in [-0.2, -0.15) is 13.2 Å². The van der Waals surface area contributed by atoms with Gasteiger partial charge in [0.2, 0.25) is 5.91 Å². The van der Waals surface area contributed by atoms with Crippen molar-refractivity contribution in [2.75, 3.05) is 5.32 Å². The molecule has 0 spiro atoms. The number of nitrogens with one attached hydrogen (secondary N) is 1. The van der Waals surface area contributed by atoms with Gasteiger partial charge in [0.05, 0.1) is 5.56 Å². The molecule has 0 radical (unpaired) electrons. The van der Waals surface area contributed by atoms with Crippen LogP contribution in [0.2, 0.25) is 5.02 Å². The van der Waals surface area contributed by atoms with E-state index in [1.165, 1.54) is 24.3 Å².